The van der Waals surface area contributed by atoms with E-state index in [1.54, 1.807) is 12.1 Å². The van der Waals surface area contributed by atoms with Gasteiger partial charge in [0.2, 0.25) is 0 Å². The van der Waals surface area contributed by atoms with E-state index in [1.807, 2.05) is 24.3 Å². The Bertz CT molecular complexity index is 851. The Kier molecular flexibility index (Phi) is 5.17. The van der Waals surface area contributed by atoms with E-state index >= 15 is 0 Å². The maximum atomic E-state index is 12.5. The molecule has 1 aliphatic rings. The lowest BCUT2D eigenvalue weighted by Gasteiger charge is -2.12. The molecule has 0 spiro atoms. The summed E-state index contributed by atoms with van der Waals surface area (Å²) in [4.78, 5) is 26.1. The number of imide groups is 1. The van der Waals surface area contributed by atoms with E-state index < -0.39 is 0 Å². The molecule has 2 aromatic carbocycles. The number of rotatable bonds is 3. The molecule has 1 saturated heterocycles. The molecule has 0 aliphatic carbocycles. The largest absolute Gasteiger partial charge is 0.507 e. The zero-order valence-electron chi connectivity index (χ0n) is 12.2. The van der Waals surface area contributed by atoms with E-state index in [4.69, 9.17) is 11.6 Å². The number of halogens is 2. The van der Waals surface area contributed by atoms with Crippen molar-refractivity contribution in [2.45, 2.75) is 6.54 Å². The van der Waals surface area contributed by atoms with Crippen molar-refractivity contribution in [2.75, 3.05) is 0 Å². The normalized spacial score (nSPS) is 16.2. The highest BCUT2D eigenvalue weighted by molar-refractivity contribution is 14.1. The van der Waals surface area contributed by atoms with Crippen LogP contribution in [0.2, 0.25) is 5.02 Å². The summed E-state index contributed by atoms with van der Waals surface area (Å²) in [6.07, 6.45) is 1.49. The van der Waals surface area contributed by atoms with E-state index in [1.165, 1.54) is 17.0 Å². The van der Waals surface area contributed by atoms with Gasteiger partial charge in [-0.3, -0.25) is 14.5 Å². The third-order valence-corrected chi connectivity index (χ3v) is 5.27. The Morgan fingerprint density at radius 2 is 1.88 bits per heavy atom. The average molecular weight is 472 g/mol. The van der Waals surface area contributed by atoms with Gasteiger partial charge in [0.15, 0.2) is 0 Å². The van der Waals surface area contributed by atoms with Gasteiger partial charge >= 0.3 is 0 Å². The van der Waals surface area contributed by atoms with Gasteiger partial charge in [0, 0.05) is 14.2 Å². The van der Waals surface area contributed by atoms with E-state index in [-0.39, 0.29) is 28.3 Å². The van der Waals surface area contributed by atoms with Crippen LogP contribution in [0, 0.1) is 3.57 Å². The van der Waals surface area contributed by atoms with Crippen LogP contribution in [0.3, 0.4) is 0 Å². The fourth-order valence-corrected chi connectivity index (χ4v) is 3.56. The van der Waals surface area contributed by atoms with Gasteiger partial charge in [-0.25, -0.2) is 0 Å². The Morgan fingerprint density at radius 1 is 1.17 bits per heavy atom. The van der Waals surface area contributed by atoms with Crippen molar-refractivity contribution in [1.82, 2.24) is 4.90 Å². The Balaban J connectivity index is 1.84. The van der Waals surface area contributed by atoms with Gasteiger partial charge in [-0.15, -0.1) is 0 Å². The summed E-state index contributed by atoms with van der Waals surface area (Å²) in [5, 5.41) is 9.97. The molecule has 0 atom stereocenters. The van der Waals surface area contributed by atoms with Crippen LogP contribution in [-0.2, 0) is 11.3 Å². The molecule has 0 unspecified atom stereocenters. The fraction of sp³-hybridized carbons (Fsp3) is 0.0588. The predicted octanol–water partition coefficient (Wildman–Crippen LogP) is 4.89. The van der Waals surface area contributed by atoms with Crippen molar-refractivity contribution in [3.8, 4) is 5.75 Å². The van der Waals surface area contributed by atoms with Crippen LogP contribution >= 0.6 is 46.0 Å². The van der Waals surface area contributed by atoms with Crippen LogP contribution in [0.25, 0.3) is 6.08 Å². The number of aromatic hydroxyl groups is 1. The van der Waals surface area contributed by atoms with Crippen LogP contribution in [0.15, 0.2) is 47.4 Å². The summed E-state index contributed by atoms with van der Waals surface area (Å²) in [6.45, 7) is 0.223. The molecule has 7 heteroatoms. The third-order valence-electron chi connectivity index (χ3n) is 3.40. The molecular formula is C17H11ClINO3S. The van der Waals surface area contributed by atoms with Gasteiger partial charge in [0.1, 0.15) is 5.75 Å². The van der Waals surface area contributed by atoms with Crippen molar-refractivity contribution < 1.29 is 14.7 Å². The number of hydrogen-bond acceptors (Lipinski definition) is 4. The lowest BCUT2D eigenvalue weighted by atomic mass is 10.1. The van der Waals surface area contributed by atoms with Gasteiger partial charge in [-0.05, 0) is 76.3 Å². The van der Waals surface area contributed by atoms with Gasteiger partial charge < -0.3 is 5.11 Å². The first-order valence-electron chi connectivity index (χ1n) is 6.92. The fourth-order valence-electron chi connectivity index (χ4n) is 2.19. The van der Waals surface area contributed by atoms with Gasteiger partial charge in [-0.2, -0.15) is 0 Å². The molecule has 0 saturated carbocycles. The number of carbonyl (C=O) groups excluding carboxylic acids is 2. The first-order chi connectivity index (χ1) is 11.4. The highest BCUT2D eigenvalue weighted by Crippen LogP contribution is 2.35. The molecule has 0 aromatic heterocycles. The number of thioether (sulfide) groups is 1. The Hall–Kier alpha value is -1.51. The molecule has 1 heterocycles. The predicted molar refractivity (Wildman–Crippen MR) is 104 cm³/mol. The van der Waals surface area contributed by atoms with Crippen molar-refractivity contribution in [3.63, 3.8) is 0 Å². The molecule has 0 radical (unpaired) electrons. The molecule has 4 nitrogen and oxygen atoms in total. The summed E-state index contributed by atoms with van der Waals surface area (Å²) in [6, 6.07) is 12.2. The number of phenolic OH excluding ortho intramolecular Hbond substituents is 1. The standard InChI is InChI=1S/C17H11ClINO3S/c18-12-3-6-14(21)11(7-12)8-15-16(22)20(17(23)24-15)9-10-1-4-13(19)5-2-10/h1-8,21H,9H2/b15-8-. The SMILES string of the molecule is O=C1S/C(=C\c2cc(Cl)ccc2O)C(=O)N1Cc1ccc(I)cc1. The zero-order chi connectivity index (χ0) is 17.3. The van der Waals surface area contributed by atoms with Gasteiger partial charge in [-0.1, -0.05) is 23.7 Å². The highest BCUT2D eigenvalue weighted by atomic mass is 127. The number of carbonyl (C=O) groups is 2. The summed E-state index contributed by atoms with van der Waals surface area (Å²) in [5.41, 5.74) is 1.28. The maximum Gasteiger partial charge on any atom is 0.293 e. The molecule has 1 aliphatic heterocycles. The smallest absolute Gasteiger partial charge is 0.293 e. The molecule has 2 aromatic rings. The molecule has 1 N–H and O–H groups in total. The summed E-state index contributed by atoms with van der Waals surface area (Å²) in [5.74, 6) is -0.369. The number of amides is 2. The second-order valence-electron chi connectivity index (χ2n) is 5.10. The number of hydrogen-bond donors (Lipinski definition) is 1. The lowest BCUT2D eigenvalue weighted by molar-refractivity contribution is -0.123. The average Bonchev–Trinajstić information content (AvgIpc) is 2.80. The number of phenols is 1. The van der Waals surface area contributed by atoms with Gasteiger partial charge in [0.25, 0.3) is 11.1 Å². The second-order valence-corrected chi connectivity index (χ2v) is 7.77. The van der Waals surface area contributed by atoms with Crippen molar-refractivity contribution in [2.24, 2.45) is 0 Å². The topological polar surface area (TPSA) is 57.6 Å². The lowest BCUT2D eigenvalue weighted by Crippen LogP contribution is -2.27. The minimum Gasteiger partial charge on any atom is -0.507 e. The molecule has 3 rings (SSSR count). The van der Waals surface area contributed by atoms with E-state index in [0.29, 0.717) is 10.6 Å². The minimum atomic E-state index is -0.372. The van der Waals surface area contributed by atoms with E-state index in [2.05, 4.69) is 22.6 Å². The maximum absolute atomic E-state index is 12.5. The first-order valence-corrected chi connectivity index (χ1v) is 9.20. The quantitative estimate of drug-likeness (QED) is 0.512. The molecule has 1 fully saturated rings. The molecular weight excluding hydrogens is 461 g/mol. The third kappa shape index (κ3) is 3.76. The van der Waals surface area contributed by atoms with Crippen LogP contribution in [0.1, 0.15) is 11.1 Å². The first kappa shape index (κ1) is 17.3. The van der Waals surface area contributed by atoms with Crippen LogP contribution in [0.5, 0.6) is 5.75 Å². The molecule has 2 amide bonds. The summed E-state index contributed by atoms with van der Waals surface area (Å²) >= 11 is 8.96. The van der Waals surface area contributed by atoms with Crippen molar-refractivity contribution >= 4 is 63.2 Å². The van der Waals surface area contributed by atoms with Gasteiger partial charge in [0.05, 0.1) is 11.4 Å². The Labute approximate surface area is 161 Å². The van der Waals surface area contributed by atoms with E-state index in [0.717, 1.165) is 20.9 Å². The Morgan fingerprint density at radius 3 is 2.58 bits per heavy atom. The molecule has 0 bridgehead atoms. The second kappa shape index (κ2) is 7.16. The molecule has 24 heavy (non-hydrogen) atoms. The van der Waals surface area contributed by atoms with Crippen molar-refractivity contribution in [1.29, 1.82) is 0 Å². The monoisotopic (exact) mass is 471 g/mol. The number of benzene rings is 2. The zero-order valence-corrected chi connectivity index (χ0v) is 15.9. The van der Waals surface area contributed by atoms with Crippen LogP contribution in [-0.4, -0.2) is 21.2 Å². The van der Waals surface area contributed by atoms with Crippen molar-refractivity contribution in [3.05, 3.63) is 67.1 Å². The highest BCUT2D eigenvalue weighted by Gasteiger charge is 2.35. The van der Waals surface area contributed by atoms with E-state index in [9.17, 15) is 14.7 Å². The minimum absolute atomic E-state index is 0.00355. The van der Waals surface area contributed by atoms with Crippen LogP contribution in [0.4, 0.5) is 4.79 Å². The van der Waals surface area contributed by atoms with Crippen LogP contribution < -0.4 is 0 Å². The molecule has 122 valence electrons. The summed E-state index contributed by atoms with van der Waals surface area (Å²) < 4.78 is 1.09. The number of nitrogens with zero attached hydrogens (tertiary/aromatic N) is 1. The summed E-state index contributed by atoms with van der Waals surface area (Å²) in [7, 11) is 0.